The van der Waals surface area contributed by atoms with Gasteiger partial charge in [-0.2, -0.15) is 0 Å². The fraction of sp³-hybridized carbons (Fsp3) is 0.400. The second-order valence-corrected chi connectivity index (χ2v) is 4.05. The Morgan fingerprint density at radius 1 is 1.36 bits per heavy atom. The quantitative estimate of drug-likeness (QED) is 0.230. The van der Waals surface area contributed by atoms with Crippen LogP contribution in [0.25, 0.3) is 10.4 Å². The van der Waals surface area contributed by atoms with Gasteiger partial charge in [0.2, 0.25) is 0 Å². The summed E-state index contributed by atoms with van der Waals surface area (Å²) in [5.74, 6) is 1.15. The third-order valence-electron chi connectivity index (χ3n) is 1.76. The minimum Gasteiger partial charge on any atom is -0.126 e. The Balaban J connectivity index is 2.50. The van der Waals surface area contributed by atoms with Crippen molar-refractivity contribution in [3.8, 4) is 0 Å². The molecule has 0 aliphatic heterocycles. The summed E-state index contributed by atoms with van der Waals surface area (Å²) in [6, 6.07) is 7.66. The molecule has 0 N–H and O–H groups in total. The lowest BCUT2D eigenvalue weighted by molar-refractivity contribution is 0.896. The SMILES string of the molecule is CCCCSc1ccc(N=[N+]=[N-])cc1. The van der Waals surface area contributed by atoms with Gasteiger partial charge in [0.15, 0.2) is 0 Å². The van der Waals surface area contributed by atoms with Crippen LogP contribution in [0, 0.1) is 0 Å². The van der Waals surface area contributed by atoms with Crippen molar-refractivity contribution in [1.29, 1.82) is 0 Å². The van der Waals surface area contributed by atoms with Crippen LogP contribution >= 0.6 is 11.8 Å². The predicted molar refractivity (Wildman–Crippen MR) is 60.9 cm³/mol. The predicted octanol–water partition coefficient (Wildman–Crippen LogP) is 4.52. The molecule has 0 radical (unpaired) electrons. The Bertz CT molecular complexity index is 315. The molecule has 0 fully saturated rings. The maximum absolute atomic E-state index is 8.22. The second-order valence-electron chi connectivity index (χ2n) is 2.89. The van der Waals surface area contributed by atoms with Crippen LogP contribution in [0.4, 0.5) is 5.69 Å². The fourth-order valence-corrected chi connectivity index (χ4v) is 1.99. The van der Waals surface area contributed by atoms with Gasteiger partial charge in [0.05, 0.1) is 0 Å². The van der Waals surface area contributed by atoms with E-state index in [0.717, 1.165) is 5.75 Å². The molecule has 1 aromatic carbocycles. The first-order valence-corrected chi connectivity index (χ1v) is 5.63. The molecule has 0 saturated heterocycles. The smallest absolute Gasteiger partial charge is 0.0376 e. The number of nitrogens with zero attached hydrogens (tertiary/aromatic N) is 3. The van der Waals surface area contributed by atoms with E-state index in [1.54, 1.807) is 0 Å². The molecule has 0 aliphatic rings. The molecule has 0 spiro atoms. The molecule has 0 bridgehead atoms. The Labute approximate surface area is 88.1 Å². The van der Waals surface area contributed by atoms with E-state index in [4.69, 9.17) is 5.53 Å². The van der Waals surface area contributed by atoms with E-state index in [1.165, 1.54) is 17.7 Å². The van der Waals surface area contributed by atoms with Gasteiger partial charge < -0.3 is 0 Å². The highest BCUT2D eigenvalue weighted by molar-refractivity contribution is 7.99. The lowest BCUT2D eigenvalue weighted by Gasteiger charge is -2.00. The molecule has 0 saturated carbocycles. The largest absolute Gasteiger partial charge is 0.126 e. The summed E-state index contributed by atoms with van der Waals surface area (Å²) in [4.78, 5) is 3.96. The molecular weight excluding hydrogens is 194 g/mol. The summed E-state index contributed by atoms with van der Waals surface area (Å²) in [5, 5.41) is 3.52. The molecular formula is C10H13N3S. The highest BCUT2D eigenvalue weighted by Crippen LogP contribution is 2.22. The van der Waals surface area contributed by atoms with Gasteiger partial charge in [0.25, 0.3) is 0 Å². The molecule has 0 aromatic heterocycles. The van der Waals surface area contributed by atoms with E-state index in [1.807, 2.05) is 36.0 Å². The number of azide groups is 1. The Hall–Kier alpha value is -1.12. The summed E-state index contributed by atoms with van der Waals surface area (Å²) in [6.45, 7) is 2.19. The minimum atomic E-state index is 0.673. The van der Waals surface area contributed by atoms with Crippen LogP contribution in [0.1, 0.15) is 19.8 Å². The van der Waals surface area contributed by atoms with Gasteiger partial charge in [-0.15, -0.1) is 11.8 Å². The fourth-order valence-electron chi connectivity index (χ4n) is 0.995. The first-order valence-electron chi connectivity index (χ1n) is 4.64. The van der Waals surface area contributed by atoms with Gasteiger partial charge in [-0.05, 0) is 29.8 Å². The second kappa shape index (κ2) is 6.35. The highest BCUT2D eigenvalue weighted by atomic mass is 32.2. The number of benzene rings is 1. The lowest BCUT2D eigenvalue weighted by atomic mass is 10.3. The van der Waals surface area contributed by atoms with Gasteiger partial charge in [0.1, 0.15) is 0 Å². The van der Waals surface area contributed by atoms with E-state index < -0.39 is 0 Å². The van der Waals surface area contributed by atoms with E-state index in [0.29, 0.717) is 5.69 Å². The molecule has 1 aromatic rings. The summed E-state index contributed by atoms with van der Waals surface area (Å²) < 4.78 is 0. The van der Waals surface area contributed by atoms with Crippen LogP contribution in [0.2, 0.25) is 0 Å². The zero-order chi connectivity index (χ0) is 10.2. The number of thioether (sulfide) groups is 1. The standard InChI is InChI=1S/C10H13N3S/c1-2-3-8-14-10-6-4-9(5-7-10)12-13-11/h4-7H,2-3,8H2,1H3. The summed E-state index contributed by atoms with van der Waals surface area (Å²) >= 11 is 1.84. The molecule has 0 atom stereocenters. The number of rotatable bonds is 5. The van der Waals surface area contributed by atoms with Crippen LogP contribution < -0.4 is 0 Å². The van der Waals surface area contributed by atoms with Crippen molar-refractivity contribution in [2.75, 3.05) is 5.75 Å². The van der Waals surface area contributed by atoms with Crippen molar-refractivity contribution in [1.82, 2.24) is 0 Å². The molecule has 14 heavy (non-hydrogen) atoms. The Kier molecular flexibility index (Phi) is 4.97. The van der Waals surface area contributed by atoms with Gasteiger partial charge in [-0.3, -0.25) is 0 Å². The van der Waals surface area contributed by atoms with E-state index in [2.05, 4.69) is 16.9 Å². The number of hydrogen-bond acceptors (Lipinski definition) is 2. The third kappa shape index (κ3) is 3.73. The van der Waals surface area contributed by atoms with Crippen molar-refractivity contribution in [3.05, 3.63) is 34.7 Å². The molecule has 3 nitrogen and oxygen atoms in total. The van der Waals surface area contributed by atoms with Crippen LogP contribution in [0.15, 0.2) is 34.3 Å². The average Bonchev–Trinajstić information content (AvgIpc) is 2.21. The summed E-state index contributed by atoms with van der Waals surface area (Å²) in [5.41, 5.74) is 8.89. The topological polar surface area (TPSA) is 48.8 Å². The molecule has 1 rings (SSSR count). The number of unbranched alkanes of at least 4 members (excludes halogenated alkanes) is 1. The maximum atomic E-state index is 8.22. The zero-order valence-corrected chi connectivity index (χ0v) is 9.00. The summed E-state index contributed by atoms with van der Waals surface area (Å²) in [6.07, 6.45) is 2.46. The van der Waals surface area contributed by atoms with Crippen LogP contribution in [0.3, 0.4) is 0 Å². The van der Waals surface area contributed by atoms with Gasteiger partial charge in [-0.25, -0.2) is 0 Å². The average molecular weight is 207 g/mol. The van der Waals surface area contributed by atoms with Crippen molar-refractivity contribution < 1.29 is 0 Å². The molecule has 0 unspecified atom stereocenters. The Morgan fingerprint density at radius 3 is 2.64 bits per heavy atom. The molecule has 4 heteroatoms. The molecule has 0 aliphatic carbocycles. The van der Waals surface area contributed by atoms with E-state index in [-0.39, 0.29) is 0 Å². The highest BCUT2D eigenvalue weighted by Gasteiger charge is 1.93. The maximum Gasteiger partial charge on any atom is 0.0376 e. The summed E-state index contributed by atoms with van der Waals surface area (Å²) in [7, 11) is 0. The van der Waals surface area contributed by atoms with Crippen molar-refractivity contribution >= 4 is 17.4 Å². The molecule has 0 heterocycles. The van der Waals surface area contributed by atoms with E-state index >= 15 is 0 Å². The van der Waals surface area contributed by atoms with Gasteiger partial charge >= 0.3 is 0 Å². The Morgan fingerprint density at radius 2 is 2.07 bits per heavy atom. The normalized spacial score (nSPS) is 9.50. The molecule has 74 valence electrons. The van der Waals surface area contributed by atoms with Crippen LogP contribution in [-0.2, 0) is 0 Å². The van der Waals surface area contributed by atoms with Crippen molar-refractivity contribution in [2.24, 2.45) is 5.11 Å². The van der Waals surface area contributed by atoms with E-state index in [9.17, 15) is 0 Å². The van der Waals surface area contributed by atoms with Gasteiger partial charge in [-0.1, -0.05) is 30.6 Å². The molecule has 0 amide bonds. The van der Waals surface area contributed by atoms with Crippen LogP contribution in [0.5, 0.6) is 0 Å². The monoisotopic (exact) mass is 207 g/mol. The third-order valence-corrected chi connectivity index (χ3v) is 2.86. The van der Waals surface area contributed by atoms with Gasteiger partial charge in [0, 0.05) is 15.5 Å². The zero-order valence-electron chi connectivity index (χ0n) is 8.18. The minimum absolute atomic E-state index is 0.673. The van der Waals surface area contributed by atoms with Crippen LogP contribution in [-0.4, -0.2) is 5.75 Å². The van der Waals surface area contributed by atoms with Crippen molar-refractivity contribution in [2.45, 2.75) is 24.7 Å². The first kappa shape index (κ1) is 11.0. The lowest BCUT2D eigenvalue weighted by Crippen LogP contribution is -1.77. The van der Waals surface area contributed by atoms with Crippen molar-refractivity contribution in [3.63, 3.8) is 0 Å². The number of hydrogen-bond donors (Lipinski definition) is 0. The first-order chi connectivity index (χ1) is 6.86.